The van der Waals surface area contributed by atoms with Crippen LogP contribution in [0, 0.1) is 0 Å². The quantitative estimate of drug-likeness (QED) is 0.204. The van der Waals surface area contributed by atoms with Gasteiger partial charge < -0.3 is 15.4 Å². The van der Waals surface area contributed by atoms with Crippen molar-refractivity contribution in [3.63, 3.8) is 0 Å². The van der Waals surface area contributed by atoms with Crippen LogP contribution in [0.2, 0.25) is 0 Å². The van der Waals surface area contributed by atoms with Crippen molar-refractivity contribution in [2.24, 2.45) is 5.90 Å². The molecular weight excluding hydrogens is 402 g/mol. The molecule has 2 heterocycles. The number of imidazole rings is 1. The second-order valence-corrected chi connectivity index (χ2v) is 6.59. The molecule has 12 nitrogen and oxygen atoms in total. The Kier molecular flexibility index (Phi) is 6.91. The summed E-state index contributed by atoms with van der Waals surface area (Å²) in [5.41, 5.74) is 1.93. The minimum absolute atomic E-state index is 0.0902. The summed E-state index contributed by atoms with van der Waals surface area (Å²) in [5, 5.41) is 19.7. The van der Waals surface area contributed by atoms with Crippen LogP contribution in [0.5, 0.6) is 0 Å². The number of nitrogens with two attached hydrogens (primary N) is 1. The Morgan fingerprint density at radius 3 is 2.79 bits per heavy atom. The smallest absolute Gasteiger partial charge is 0.326 e. The van der Waals surface area contributed by atoms with Crippen molar-refractivity contribution in [3.05, 3.63) is 48.7 Å². The number of benzene rings is 1. The first-order valence-corrected chi connectivity index (χ1v) is 8.99. The molecule has 0 aliphatic heterocycles. The number of carboxylic acids is 1. The zero-order valence-corrected chi connectivity index (χ0v) is 15.7. The van der Waals surface area contributed by atoms with Gasteiger partial charge in [0.2, 0.25) is 5.91 Å². The zero-order valence-electron chi connectivity index (χ0n) is 14.9. The molecule has 0 aliphatic rings. The summed E-state index contributed by atoms with van der Waals surface area (Å²) in [5.74, 6) is 3.14. The van der Waals surface area contributed by atoms with E-state index in [-0.39, 0.29) is 13.0 Å². The minimum Gasteiger partial charge on any atom is -0.480 e. The standard InChI is InChI=1S/C16H17N7O5S/c17-27-28-29-12-3-1-10(2-4-12)14-7-23(22-21-14)8-15(24)20-13(16(25)26)5-11-6-18-9-19-11/h1-4,6-7,9,13H,5,8,17H2,(H,18,19)(H,20,24)(H,25,26). The maximum absolute atomic E-state index is 12.2. The number of hydrogen-bond donors (Lipinski definition) is 4. The highest BCUT2D eigenvalue weighted by Gasteiger charge is 2.21. The van der Waals surface area contributed by atoms with Crippen LogP contribution >= 0.6 is 12.0 Å². The lowest BCUT2D eigenvalue weighted by atomic mass is 10.1. The fourth-order valence-corrected chi connectivity index (χ4v) is 2.82. The van der Waals surface area contributed by atoms with Gasteiger partial charge in [0.15, 0.2) is 0 Å². The molecule has 0 saturated heterocycles. The lowest BCUT2D eigenvalue weighted by molar-refractivity contribution is -0.195. The van der Waals surface area contributed by atoms with E-state index in [0.29, 0.717) is 11.4 Å². The van der Waals surface area contributed by atoms with E-state index >= 15 is 0 Å². The number of aromatic nitrogens is 5. The molecule has 29 heavy (non-hydrogen) atoms. The SMILES string of the molecule is NOOSc1ccc(-c2cn(CC(=O)NC(Cc3cnc[nH]3)C(=O)O)nn2)cc1. The first kappa shape index (κ1) is 20.5. The first-order chi connectivity index (χ1) is 14.0. The van der Waals surface area contributed by atoms with Crippen molar-refractivity contribution in [3.8, 4) is 11.3 Å². The molecule has 0 fully saturated rings. The van der Waals surface area contributed by atoms with E-state index in [1.54, 1.807) is 30.5 Å². The summed E-state index contributed by atoms with van der Waals surface area (Å²) in [6.07, 6.45) is 4.63. The molecule has 5 N–H and O–H groups in total. The largest absolute Gasteiger partial charge is 0.480 e. The van der Waals surface area contributed by atoms with E-state index < -0.39 is 17.9 Å². The number of carboxylic acid groups (broad SMARTS) is 1. The van der Waals surface area contributed by atoms with Gasteiger partial charge in [0.1, 0.15) is 18.3 Å². The summed E-state index contributed by atoms with van der Waals surface area (Å²) in [6.45, 7) is -0.171. The third-order valence-electron chi connectivity index (χ3n) is 3.78. The van der Waals surface area contributed by atoms with Gasteiger partial charge in [0.05, 0.1) is 24.6 Å². The molecule has 0 saturated carbocycles. The molecular formula is C16H17N7O5S. The van der Waals surface area contributed by atoms with E-state index in [1.807, 2.05) is 0 Å². The molecule has 0 radical (unpaired) electrons. The van der Waals surface area contributed by atoms with Gasteiger partial charge >= 0.3 is 5.97 Å². The number of aliphatic carboxylic acids is 1. The summed E-state index contributed by atoms with van der Waals surface area (Å²) >= 11 is 0.951. The lowest BCUT2D eigenvalue weighted by Crippen LogP contribution is -2.43. The van der Waals surface area contributed by atoms with Crippen LogP contribution in [-0.2, 0) is 31.9 Å². The summed E-state index contributed by atoms with van der Waals surface area (Å²) in [6, 6.07) is 6.05. The Morgan fingerprint density at radius 2 is 2.14 bits per heavy atom. The van der Waals surface area contributed by atoms with Gasteiger partial charge in [-0.25, -0.2) is 14.5 Å². The number of amides is 1. The van der Waals surface area contributed by atoms with Gasteiger partial charge in [0.25, 0.3) is 0 Å². The van der Waals surface area contributed by atoms with Crippen LogP contribution in [0.25, 0.3) is 11.3 Å². The molecule has 3 rings (SSSR count). The Balaban J connectivity index is 1.58. The topological polar surface area (TPSA) is 170 Å². The number of rotatable bonds is 10. The number of H-pyrrole nitrogens is 1. The van der Waals surface area contributed by atoms with Crippen LogP contribution in [0.4, 0.5) is 0 Å². The molecule has 1 aromatic carbocycles. The lowest BCUT2D eigenvalue weighted by Gasteiger charge is -2.13. The molecule has 2 aromatic heterocycles. The first-order valence-electron chi connectivity index (χ1n) is 8.25. The molecule has 13 heteroatoms. The molecule has 0 bridgehead atoms. The van der Waals surface area contributed by atoms with E-state index in [4.69, 9.17) is 5.90 Å². The van der Waals surface area contributed by atoms with Gasteiger partial charge in [-0.05, 0) is 12.1 Å². The summed E-state index contributed by atoms with van der Waals surface area (Å²) in [4.78, 5) is 35.0. The minimum atomic E-state index is -1.14. The molecule has 1 unspecified atom stereocenters. The van der Waals surface area contributed by atoms with E-state index in [9.17, 15) is 14.7 Å². The molecule has 152 valence electrons. The van der Waals surface area contributed by atoms with Crippen molar-refractivity contribution >= 4 is 23.9 Å². The summed E-state index contributed by atoms with van der Waals surface area (Å²) in [7, 11) is 0. The molecule has 0 spiro atoms. The number of hydrogen-bond acceptors (Lipinski definition) is 9. The van der Waals surface area contributed by atoms with Gasteiger partial charge in [-0.2, -0.15) is 5.90 Å². The molecule has 3 aromatic rings. The Morgan fingerprint density at radius 1 is 1.34 bits per heavy atom. The highest BCUT2D eigenvalue weighted by Crippen LogP contribution is 2.23. The fraction of sp³-hybridized carbons (Fsp3) is 0.188. The van der Waals surface area contributed by atoms with Crippen LogP contribution in [-0.4, -0.2) is 48.0 Å². The number of aromatic amines is 1. The second-order valence-electron chi connectivity index (χ2n) is 5.81. The van der Waals surface area contributed by atoms with Crippen molar-refractivity contribution in [1.82, 2.24) is 30.3 Å². The van der Waals surface area contributed by atoms with Crippen LogP contribution in [0.15, 0.2) is 47.9 Å². The highest BCUT2D eigenvalue weighted by molar-refractivity contribution is 7.94. The maximum atomic E-state index is 12.2. The molecule has 1 atom stereocenters. The van der Waals surface area contributed by atoms with Crippen LogP contribution in [0.1, 0.15) is 5.69 Å². The Labute approximate surface area is 168 Å². The number of nitrogens with zero attached hydrogens (tertiary/aromatic N) is 4. The fourth-order valence-electron chi connectivity index (χ4n) is 2.45. The van der Waals surface area contributed by atoms with E-state index in [2.05, 4.69) is 34.9 Å². The van der Waals surface area contributed by atoms with Gasteiger partial charge in [-0.3, -0.25) is 4.79 Å². The van der Waals surface area contributed by atoms with Crippen molar-refractivity contribution < 1.29 is 24.0 Å². The highest BCUT2D eigenvalue weighted by atomic mass is 32.2. The number of carbonyl (C=O) groups excluding carboxylic acids is 1. The predicted octanol–water partition coefficient (Wildman–Crippen LogP) is 0.309. The molecule has 0 aliphatic carbocycles. The molecule has 1 amide bonds. The Bertz CT molecular complexity index is 945. The monoisotopic (exact) mass is 419 g/mol. The van der Waals surface area contributed by atoms with Crippen molar-refractivity contribution in [2.75, 3.05) is 0 Å². The van der Waals surface area contributed by atoms with Crippen molar-refractivity contribution in [1.29, 1.82) is 0 Å². The van der Waals surface area contributed by atoms with Crippen LogP contribution < -0.4 is 11.2 Å². The predicted molar refractivity (Wildman–Crippen MR) is 99.5 cm³/mol. The third kappa shape index (κ3) is 5.86. The Hall–Kier alpha value is -3.26. The number of carbonyl (C=O) groups is 2. The maximum Gasteiger partial charge on any atom is 0.326 e. The third-order valence-corrected chi connectivity index (χ3v) is 4.39. The summed E-state index contributed by atoms with van der Waals surface area (Å²) < 4.78 is 5.89. The zero-order chi connectivity index (χ0) is 20.6. The van der Waals surface area contributed by atoms with Gasteiger partial charge in [-0.1, -0.05) is 17.3 Å². The normalized spacial score (nSPS) is 11.9. The second kappa shape index (κ2) is 9.79. The average Bonchev–Trinajstić information content (AvgIpc) is 3.38. The van der Waals surface area contributed by atoms with Crippen LogP contribution in [0.3, 0.4) is 0 Å². The van der Waals surface area contributed by atoms with Crippen molar-refractivity contribution in [2.45, 2.75) is 23.9 Å². The average molecular weight is 419 g/mol. The van der Waals surface area contributed by atoms with Gasteiger partial charge in [0, 0.05) is 28.8 Å². The van der Waals surface area contributed by atoms with Gasteiger partial charge in [-0.15, -0.1) is 14.4 Å². The number of nitrogens with one attached hydrogen (secondary N) is 2. The van der Waals surface area contributed by atoms with E-state index in [0.717, 1.165) is 22.5 Å². The van der Waals surface area contributed by atoms with E-state index in [1.165, 1.54) is 17.2 Å².